The van der Waals surface area contributed by atoms with Crippen molar-refractivity contribution in [1.29, 1.82) is 0 Å². The van der Waals surface area contributed by atoms with Gasteiger partial charge in [0.1, 0.15) is 0 Å². The average molecular weight is 437 g/mol. The fraction of sp³-hybridized carbons (Fsp3) is 0.240. The van der Waals surface area contributed by atoms with Crippen molar-refractivity contribution < 1.29 is 13.2 Å². The highest BCUT2D eigenvalue weighted by atomic mass is 32.2. The topological polar surface area (TPSA) is 66.5 Å². The molecule has 5 nitrogen and oxygen atoms in total. The Kier molecular flexibility index (Phi) is 6.81. The van der Waals surface area contributed by atoms with Gasteiger partial charge in [-0.25, -0.2) is 8.42 Å². The molecule has 0 aliphatic rings. The summed E-state index contributed by atoms with van der Waals surface area (Å²) in [7, 11) is -2.29. The van der Waals surface area contributed by atoms with E-state index < -0.39 is 10.0 Å². The standard InChI is InChI=1S/C25H28N2O3S/c1-5-24(20-15-14-18(2)19(3)16-20)26-25(28)21-10-9-13-23(17-21)31(29,30)27(4)22-11-7-6-8-12-22/h6-17,24H,5H2,1-4H3,(H,26,28). The van der Waals surface area contributed by atoms with Crippen molar-refractivity contribution in [3.8, 4) is 0 Å². The SMILES string of the molecule is CCC(NC(=O)c1cccc(S(=O)(=O)N(C)c2ccccc2)c1)c1ccc(C)c(C)c1. The molecule has 162 valence electrons. The zero-order chi connectivity index (χ0) is 22.6. The van der Waals surface area contributed by atoms with Crippen LogP contribution in [-0.4, -0.2) is 21.4 Å². The van der Waals surface area contributed by atoms with Gasteiger partial charge in [-0.3, -0.25) is 9.10 Å². The third-order valence-corrected chi connectivity index (χ3v) is 7.30. The van der Waals surface area contributed by atoms with E-state index in [4.69, 9.17) is 0 Å². The number of amides is 1. The first-order valence-corrected chi connectivity index (χ1v) is 11.7. The van der Waals surface area contributed by atoms with E-state index >= 15 is 0 Å². The van der Waals surface area contributed by atoms with Crippen LogP contribution in [0.2, 0.25) is 0 Å². The van der Waals surface area contributed by atoms with Crippen LogP contribution in [0.25, 0.3) is 0 Å². The van der Waals surface area contributed by atoms with Gasteiger partial charge in [-0.15, -0.1) is 0 Å². The molecule has 0 spiro atoms. The number of anilines is 1. The minimum absolute atomic E-state index is 0.0748. The van der Waals surface area contributed by atoms with E-state index in [1.54, 1.807) is 36.4 Å². The van der Waals surface area contributed by atoms with Crippen LogP contribution < -0.4 is 9.62 Å². The number of carbonyl (C=O) groups excluding carboxylic acids is 1. The van der Waals surface area contributed by atoms with Crippen LogP contribution in [0, 0.1) is 13.8 Å². The molecule has 1 unspecified atom stereocenters. The Morgan fingerprint density at radius 3 is 2.29 bits per heavy atom. The Morgan fingerprint density at radius 2 is 1.65 bits per heavy atom. The molecule has 0 saturated carbocycles. The third-order valence-electron chi connectivity index (χ3n) is 5.52. The molecule has 0 heterocycles. The number of rotatable bonds is 7. The van der Waals surface area contributed by atoms with Gasteiger partial charge < -0.3 is 5.32 Å². The Morgan fingerprint density at radius 1 is 0.935 bits per heavy atom. The lowest BCUT2D eigenvalue weighted by molar-refractivity contribution is 0.0935. The second kappa shape index (κ2) is 9.35. The number of carbonyl (C=O) groups is 1. The quantitative estimate of drug-likeness (QED) is 0.566. The smallest absolute Gasteiger partial charge is 0.264 e. The maximum atomic E-state index is 13.1. The number of para-hydroxylation sites is 1. The van der Waals surface area contributed by atoms with E-state index in [9.17, 15) is 13.2 Å². The molecule has 0 bridgehead atoms. The molecular formula is C25H28N2O3S. The first-order valence-electron chi connectivity index (χ1n) is 10.3. The normalized spacial score (nSPS) is 12.3. The van der Waals surface area contributed by atoms with Gasteiger partial charge in [0.05, 0.1) is 16.6 Å². The van der Waals surface area contributed by atoms with Gasteiger partial charge in [-0.05, 0) is 67.3 Å². The molecule has 1 amide bonds. The van der Waals surface area contributed by atoms with Crippen LogP contribution in [0.4, 0.5) is 5.69 Å². The van der Waals surface area contributed by atoms with Gasteiger partial charge in [-0.1, -0.05) is 49.4 Å². The summed E-state index contributed by atoms with van der Waals surface area (Å²) >= 11 is 0. The molecule has 1 atom stereocenters. The Labute approximate surface area is 184 Å². The summed E-state index contributed by atoms with van der Waals surface area (Å²) in [6.07, 6.45) is 0.725. The van der Waals surface area contributed by atoms with Crippen molar-refractivity contribution in [3.63, 3.8) is 0 Å². The lowest BCUT2D eigenvalue weighted by Crippen LogP contribution is -2.29. The largest absolute Gasteiger partial charge is 0.345 e. The predicted molar refractivity (Wildman–Crippen MR) is 125 cm³/mol. The summed E-state index contributed by atoms with van der Waals surface area (Å²) in [5.41, 5.74) is 4.27. The molecule has 3 aromatic carbocycles. The van der Waals surface area contributed by atoms with Crippen LogP contribution in [0.1, 0.15) is 46.4 Å². The summed E-state index contributed by atoms with van der Waals surface area (Å²) in [6, 6.07) is 21.0. The molecule has 31 heavy (non-hydrogen) atoms. The van der Waals surface area contributed by atoms with Gasteiger partial charge in [-0.2, -0.15) is 0 Å². The minimum atomic E-state index is -3.79. The van der Waals surface area contributed by atoms with E-state index in [0.717, 1.165) is 12.0 Å². The Hall–Kier alpha value is -3.12. The molecule has 0 aliphatic carbocycles. The molecule has 3 aromatic rings. The first kappa shape index (κ1) is 22.6. The van der Waals surface area contributed by atoms with E-state index in [1.807, 2.05) is 32.0 Å². The summed E-state index contributed by atoms with van der Waals surface area (Å²) in [5.74, 6) is -0.301. The zero-order valence-electron chi connectivity index (χ0n) is 18.3. The fourth-order valence-corrected chi connectivity index (χ4v) is 4.62. The van der Waals surface area contributed by atoms with Crippen LogP contribution in [-0.2, 0) is 10.0 Å². The minimum Gasteiger partial charge on any atom is -0.345 e. The second-order valence-corrected chi connectivity index (χ2v) is 9.58. The average Bonchev–Trinajstić information content (AvgIpc) is 2.79. The number of benzene rings is 3. The summed E-state index contributed by atoms with van der Waals surface area (Å²) in [4.78, 5) is 13.0. The maximum Gasteiger partial charge on any atom is 0.264 e. The third kappa shape index (κ3) is 4.97. The second-order valence-electron chi connectivity index (χ2n) is 7.61. The highest BCUT2D eigenvalue weighted by Gasteiger charge is 2.23. The van der Waals surface area contributed by atoms with Crippen molar-refractivity contribution in [1.82, 2.24) is 5.32 Å². The van der Waals surface area contributed by atoms with Gasteiger partial charge in [0.25, 0.3) is 15.9 Å². The molecule has 3 rings (SSSR count). The molecule has 0 saturated heterocycles. The Bertz CT molecular complexity index is 1170. The molecule has 0 radical (unpaired) electrons. The molecule has 0 aliphatic heterocycles. The van der Waals surface area contributed by atoms with E-state index in [2.05, 4.69) is 18.3 Å². The lowest BCUT2D eigenvalue weighted by Gasteiger charge is -2.21. The molecular weight excluding hydrogens is 408 g/mol. The monoisotopic (exact) mass is 436 g/mol. The van der Waals surface area contributed by atoms with Gasteiger partial charge >= 0.3 is 0 Å². The van der Waals surface area contributed by atoms with Crippen molar-refractivity contribution in [2.24, 2.45) is 0 Å². The van der Waals surface area contributed by atoms with Gasteiger partial charge in [0.2, 0.25) is 0 Å². The number of sulfonamides is 1. The Balaban J connectivity index is 1.84. The van der Waals surface area contributed by atoms with Crippen LogP contribution in [0.5, 0.6) is 0 Å². The van der Waals surface area contributed by atoms with E-state index in [0.29, 0.717) is 11.3 Å². The van der Waals surface area contributed by atoms with E-state index in [-0.39, 0.29) is 16.8 Å². The highest BCUT2D eigenvalue weighted by Crippen LogP contribution is 2.24. The van der Waals surface area contributed by atoms with Crippen LogP contribution in [0.3, 0.4) is 0 Å². The number of hydrogen-bond acceptors (Lipinski definition) is 3. The van der Waals surface area contributed by atoms with E-state index in [1.165, 1.54) is 34.6 Å². The van der Waals surface area contributed by atoms with Gasteiger partial charge in [0.15, 0.2) is 0 Å². The number of aryl methyl sites for hydroxylation is 2. The zero-order valence-corrected chi connectivity index (χ0v) is 19.1. The summed E-state index contributed by atoms with van der Waals surface area (Å²) < 4.78 is 27.4. The number of nitrogens with zero attached hydrogens (tertiary/aromatic N) is 1. The summed E-state index contributed by atoms with van der Waals surface area (Å²) in [6.45, 7) is 6.11. The van der Waals surface area contributed by atoms with Crippen molar-refractivity contribution in [2.75, 3.05) is 11.4 Å². The molecule has 6 heteroatoms. The maximum absolute atomic E-state index is 13.1. The van der Waals surface area contributed by atoms with Crippen molar-refractivity contribution in [3.05, 3.63) is 95.1 Å². The van der Waals surface area contributed by atoms with Crippen molar-refractivity contribution in [2.45, 2.75) is 38.1 Å². The molecule has 0 fully saturated rings. The lowest BCUT2D eigenvalue weighted by atomic mass is 9.99. The molecule has 0 aromatic heterocycles. The van der Waals surface area contributed by atoms with Crippen LogP contribution >= 0.6 is 0 Å². The molecule has 1 N–H and O–H groups in total. The predicted octanol–water partition coefficient (Wildman–Crippen LogP) is 5.01. The van der Waals surface area contributed by atoms with Crippen LogP contribution in [0.15, 0.2) is 77.7 Å². The van der Waals surface area contributed by atoms with Gasteiger partial charge in [0, 0.05) is 12.6 Å². The number of hydrogen-bond donors (Lipinski definition) is 1. The highest BCUT2D eigenvalue weighted by molar-refractivity contribution is 7.92. The first-order chi connectivity index (χ1) is 14.7. The number of nitrogens with one attached hydrogen (secondary N) is 1. The van der Waals surface area contributed by atoms with Crippen molar-refractivity contribution >= 4 is 21.6 Å². The fourth-order valence-electron chi connectivity index (χ4n) is 3.38. The summed E-state index contributed by atoms with van der Waals surface area (Å²) in [5, 5.41) is 3.04.